The van der Waals surface area contributed by atoms with Crippen molar-refractivity contribution in [2.24, 2.45) is 11.8 Å². The Hall–Kier alpha value is -2.18. The predicted octanol–water partition coefficient (Wildman–Crippen LogP) is 2.20. The normalized spacial score (nSPS) is 30.0. The molecule has 0 bridgehead atoms. The molecule has 0 unspecified atom stereocenters. The number of H-pyrrole nitrogens is 1. The molecule has 1 aliphatic carbocycles. The third kappa shape index (κ3) is 2.65. The molecule has 2 N–H and O–H groups in total. The fraction of sp³-hybridized carbons (Fsp3) is 0.474. The minimum atomic E-state index is -0.303. The van der Waals surface area contributed by atoms with Crippen LogP contribution in [0.2, 0.25) is 0 Å². The summed E-state index contributed by atoms with van der Waals surface area (Å²) in [5.41, 5.74) is 2.12. The first-order valence-corrected chi connectivity index (χ1v) is 9.08. The number of para-hydroxylation sites is 2. The zero-order chi connectivity index (χ0) is 16.8. The van der Waals surface area contributed by atoms with Crippen molar-refractivity contribution in [3.63, 3.8) is 0 Å². The second kappa shape index (κ2) is 5.97. The van der Waals surface area contributed by atoms with E-state index in [4.69, 9.17) is 0 Å². The number of aromatic nitrogens is 4. The molecule has 3 aromatic rings. The monoisotopic (exact) mass is 337 g/mol. The molecule has 2 aromatic heterocycles. The van der Waals surface area contributed by atoms with Crippen molar-refractivity contribution in [3.05, 3.63) is 48.8 Å². The lowest BCUT2D eigenvalue weighted by Crippen LogP contribution is -2.36. The highest BCUT2D eigenvalue weighted by atomic mass is 16.3. The SMILES string of the molecule is O[C@@H]1C[C@H]2CN(Cc3ncc[nH]3)C[C@H]2C[C@H]1n1cnc2ccccc21. The average molecular weight is 337 g/mol. The number of hydrogen-bond donors (Lipinski definition) is 2. The van der Waals surface area contributed by atoms with Gasteiger partial charge in [-0.25, -0.2) is 9.97 Å². The second-order valence-corrected chi connectivity index (χ2v) is 7.50. The van der Waals surface area contributed by atoms with Crippen molar-refractivity contribution in [3.8, 4) is 0 Å². The van der Waals surface area contributed by atoms with Gasteiger partial charge in [0.1, 0.15) is 5.82 Å². The summed E-state index contributed by atoms with van der Waals surface area (Å²) in [7, 11) is 0. The fourth-order valence-corrected chi connectivity index (χ4v) is 4.77. The Kier molecular flexibility index (Phi) is 3.60. The van der Waals surface area contributed by atoms with E-state index in [1.165, 1.54) is 0 Å². The quantitative estimate of drug-likeness (QED) is 0.769. The van der Waals surface area contributed by atoms with Gasteiger partial charge in [-0.15, -0.1) is 0 Å². The third-order valence-corrected chi connectivity index (χ3v) is 5.95. The van der Waals surface area contributed by atoms with E-state index in [1.807, 2.05) is 36.9 Å². The third-order valence-electron chi connectivity index (χ3n) is 5.95. The first-order valence-electron chi connectivity index (χ1n) is 9.08. The Labute approximate surface area is 146 Å². The van der Waals surface area contributed by atoms with E-state index < -0.39 is 0 Å². The van der Waals surface area contributed by atoms with Gasteiger partial charge in [-0.2, -0.15) is 0 Å². The topological polar surface area (TPSA) is 70.0 Å². The van der Waals surface area contributed by atoms with E-state index in [0.29, 0.717) is 11.8 Å². The molecule has 1 aliphatic heterocycles. The van der Waals surface area contributed by atoms with E-state index in [9.17, 15) is 5.11 Å². The largest absolute Gasteiger partial charge is 0.391 e. The van der Waals surface area contributed by atoms with Crippen LogP contribution >= 0.6 is 0 Å². The van der Waals surface area contributed by atoms with Crippen molar-refractivity contribution in [2.45, 2.75) is 31.5 Å². The Morgan fingerprint density at radius 1 is 1.12 bits per heavy atom. The van der Waals surface area contributed by atoms with E-state index >= 15 is 0 Å². The van der Waals surface area contributed by atoms with Crippen molar-refractivity contribution < 1.29 is 5.11 Å². The number of aliphatic hydroxyl groups is 1. The van der Waals surface area contributed by atoms with Crippen LogP contribution in [-0.4, -0.2) is 48.7 Å². The smallest absolute Gasteiger partial charge is 0.120 e. The van der Waals surface area contributed by atoms with Crippen LogP contribution in [0.25, 0.3) is 11.0 Å². The molecule has 25 heavy (non-hydrogen) atoms. The zero-order valence-corrected chi connectivity index (χ0v) is 14.1. The van der Waals surface area contributed by atoms with Crippen LogP contribution in [0.1, 0.15) is 24.7 Å². The highest BCUT2D eigenvalue weighted by molar-refractivity contribution is 5.75. The van der Waals surface area contributed by atoms with Gasteiger partial charge in [0.2, 0.25) is 0 Å². The van der Waals surface area contributed by atoms with Crippen LogP contribution in [0.15, 0.2) is 43.0 Å². The van der Waals surface area contributed by atoms with Gasteiger partial charge in [0.25, 0.3) is 0 Å². The van der Waals surface area contributed by atoms with Crippen LogP contribution in [0.3, 0.4) is 0 Å². The number of imidazole rings is 2. The number of hydrogen-bond acceptors (Lipinski definition) is 4. The van der Waals surface area contributed by atoms with E-state index in [-0.39, 0.29) is 12.1 Å². The molecule has 6 nitrogen and oxygen atoms in total. The predicted molar refractivity (Wildman–Crippen MR) is 94.9 cm³/mol. The lowest BCUT2D eigenvalue weighted by atomic mass is 9.77. The molecule has 2 fully saturated rings. The van der Waals surface area contributed by atoms with Crippen LogP contribution in [-0.2, 0) is 6.54 Å². The summed E-state index contributed by atoms with van der Waals surface area (Å²) < 4.78 is 2.19. The Morgan fingerprint density at radius 3 is 2.80 bits per heavy atom. The molecule has 5 rings (SSSR count). The molecule has 1 saturated carbocycles. The Morgan fingerprint density at radius 2 is 1.96 bits per heavy atom. The Balaban J connectivity index is 1.35. The van der Waals surface area contributed by atoms with Gasteiger partial charge in [-0.1, -0.05) is 12.1 Å². The highest BCUT2D eigenvalue weighted by Gasteiger charge is 2.42. The van der Waals surface area contributed by atoms with Crippen molar-refractivity contribution in [2.75, 3.05) is 13.1 Å². The van der Waals surface area contributed by atoms with Crippen LogP contribution < -0.4 is 0 Å². The number of aliphatic hydroxyl groups excluding tert-OH is 1. The molecule has 0 amide bonds. The Bertz CT molecular complexity index is 858. The van der Waals surface area contributed by atoms with Gasteiger partial charge in [0.05, 0.1) is 36.1 Å². The van der Waals surface area contributed by atoms with Crippen molar-refractivity contribution in [1.82, 2.24) is 24.4 Å². The van der Waals surface area contributed by atoms with E-state index in [0.717, 1.165) is 49.3 Å². The molecule has 0 spiro atoms. The van der Waals surface area contributed by atoms with Crippen LogP contribution in [0, 0.1) is 11.8 Å². The standard InChI is InChI=1S/C19H23N5O/c25-18-8-14-10-23(11-19-20-5-6-21-19)9-13(14)7-17(18)24-12-22-15-3-1-2-4-16(15)24/h1-6,12-14,17-18,25H,7-11H2,(H,20,21)/t13-,14+,17-,18-/m1/s1. The highest BCUT2D eigenvalue weighted by Crippen LogP contribution is 2.42. The van der Waals surface area contributed by atoms with Gasteiger partial charge in [-0.3, -0.25) is 4.90 Å². The molecule has 130 valence electrons. The number of likely N-dealkylation sites (tertiary alicyclic amines) is 1. The summed E-state index contributed by atoms with van der Waals surface area (Å²) >= 11 is 0. The fourth-order valence-electron chi connectivity index (χ4n) is 4.77. The van der Waals surface area contributed by atoms with Crippen LogP contribution in [0.4, 0.5) is 0 Å². The van der Waals surface area contributed by atoms with Crippen LogP contribution in [0.5, 0.6) is 0 Å². The minimum Gasteiger partial charge on any atom is -0.391 e. The first-order chi connectivity index (χ1) is 12.3. The number of aromatic amines is 1. The van der Waals surface area contributed by atoms with E-state index in [2.05, 4.69) is 30.5 Å². The van der Waals surface area contributed by atoms with Gasteiger partial charge >= 0.3 is 0 Å². The number of rotatable bonds is 3. The molecular formula is C19H23N5O. The molecule has 3 heterocycles. The maximum atomic E-state index is 10.8. The number of fused-ring (bicyclic) bond motifs is 2. The van der Waals surface area contributed by atoms with Gasteiger partial charge in [0, 0.05) is 25.5 Å². The maximum Gasteiger partial charge on any atom is 0.120 e. The maximum absolute atomic E-state index is 10.8. The number of nitrogens with one attached hydrogen (secondary N) is 1. The summed E-state index contributed by atoms with van der Waals surface area (Å²) in [6.45, 7) is 3.01. The second-order valence-electron chi connectivity index (χ2n) is 7.50. The summed E-state index contributed by atoms with van der Waals surface area (Å²) in [6, 6.07) is 8.30. The first kappa shape index (κ1) is 15.1. The summed E-state index contributed by atoms with van der Waals surface area (Å²) in [6.07, 6.45) is 7.17. The van der Waals surface area contributed by atoms with Gasteiger partial charge < -0.3 is 14.7 Å². The number of nitrogens with zero attached hydrogens (tertiary/aromatic N) is 4. The molecule has 4 atom stereocenters. The summed E-state index contributed by atoms with van der Waals surface area (Å²) in [5, 5.41) is 10.8. The minimum absolute atomic E-state index is 0.122. The van der Waals surface area contributed by atoms with Gasteiger partial charge in [-0.05, 0) is 36.8 Å². The molecule has 6 heteroatoms. The molecule has 0 radical (unpaired) electrons. The molecule has 1 aromatic carbocycles. The molecular weight excluding hydrogens is 314 g/mol. The summed E-state index contributed by atoms with van der Waals surface area (Å²) in [4.78, 5) is 14.5. The zero-order valence-electron chi connectivity index (χ0n) is 14.1. The lowest BCUT2D eigenvalue weighted by molar-refractivity contribution is 0.0374. The van der Waals surface area contributed by atoms with Gasteiger partial charge in [0.15, 0.2) is 0 Å². The number of benzene rings is 1. The van der Waals surface area contributed by atoms with Crippen molar-refractivity contribution >= 4 is 11.0 Å². The van der Waals surface area contributed by atoms with Crippen molar-refractivity contribution in [1.29, 1.82) is 0 Å². The summed E-state index contributed by atoms with van der Waals surface area (Å²) in [5.74, 6) is 2.23. The lowest BCUT2D eigenvalue weighted by Gasteiger charge is -2.36. The molecule has 1 saturated heterocycles. The average Bonchev–Trinajstić information content (AvgIpc) is 3.33. The van der Waals surface area contributed by atoms with E-state index in [1.54, 1.807) is 0 Å². The molecule has 2 aliphatic rings.